The van der Waals surface area contributed by atoms with Gasteiger partial charge in [-0.05, 0) is 67.9 Å². The first kappa shape index (κ1) is 22.1. The Hall–Kier alpha value is -4.13. The Bertz CT molecular complexity index is 1180. The molecular weight excluding hydrogens is 418 g/mol. The van der Waals surface area contributed by atoms with Crippen molar-refractivity contribution >= 4 is 5.91 Å². The molecule has 0 aliphatic rings. The van der Waals surface area contributed by atoms with Crippen LogP contribution >= 0.6 is 0 Å². The third-order valence-electron chi connectivity index (χ3n) is 5.15. The van der Waals surface area contributed by atoms with Crippen molar-refractivity contribution in [1.29, 1.82) is 0 Å². The standard InChI is InChI=1S/C26H25N3O4/c1-18-25(19(2)33-29-18)17-32-23-11-9-21(10-12-23)26(30)28-15-20-6-5-8-24(14-20)31-16-22-7-3-4-13-27-22/h3-14H,15-17H2,1-2H3,(H,28,30). The predicted molar refractivity (Wildman–Crippen MR) is 123 cm³/mol. The smallest absolute Gasteiger partial charge is 0.251 e. The van der Waals surface area contributed by atoms with Crippen LogP contribution < -0.4 is 14.8 Å². The average Bonchev–Trinajstić information content (AvgIpc) is 3.18. The molecule has 1 N–H and O–H groups in total. The Labute approximate surface area is 192 Å². The fourth-order valence-corrected chi connectivity index (χ4v) is 3.24. The van der Waals surface area contributed by atoms with E-state index in [-0.39, 0.29) is 5.91 Å². The van der Waals surface area contributed by atoms with Gasteiger partial charge in [-0.3, -0.25) is 9.78 Å². The molecule has 33 heavy (non-hydrogen) atoms. The summed E-state index contributed by atoms with van der Waals surface area (Å²) in [6, 6.07) is 20.4. The summed E-state index contributed by atoms with van der Waals surface area (Å²) in [5.41, 5.74) is 4.11. The van der Waals surface area contributed by atoms with Crippen molar-refractivity contribution in [2.24, 2.45) is 0 Å². The van der Waals surface area contributed by atoms with Gasteiger partial charge < -0.3 is 19.3 Å². The van der Waals surface area contributed by atoms with Gasteiger partial charge >= 0.3 is 0 Å². The minimum absolute atomic E-state index is 0.160. The Morgan fingerprint density at radius 3 is 2.48 bits per heavy atom. The van der Waals surface area contributed by atoms with Crippen molar-refractivity contribution in [2.45, 2.75) is 33.6 Å². The maximum atomic E-state index is 12.5. The second-order valence-corrected chi connectivity index (χ2v) is 7.56. The summed E-state index contributed by atoms with van der Waals surface area (Å²) in [5, 5.41) is 6.86. The molecule has 0 spiro atoms. The number of hydrogen-bond acceptors (Lipinski definition) is 6. The first-order chi connectivity index (χ1) is 16.1. The van der Waals surface area contributed by atoms with Crippen molar-refractivity contribution in [3.05, 3.63) is 107 Å². The summed E-state index contributed by atoms with van der Waals surface area (Å²) in [7, 11) is 0. The quantitative estimate of drug-likeness (QED) is 0.401. The topological polar surface area (TPSA) is 86.5 Å². The van der Waals surface area contributed by atoms with E-state index in [9.17, 15) is 4.79 Å². The second kappa shape index (κ2) is 10.5. The summed E-state index contributed by atoms with van der Waals surface area (Å²) in [5.74, 6) is 1.98. The van der Waals surface area contributed by atoms with E-state index in [0.717, 1.165) is 34.0 Å². The second-order valence-electron chi connectivity index (χ2n) is 7.56. The van der Waals surface area contributed by atoms with Crippen LogP contribution in [-0.4, -0.2) is 16.0 Å². The zero-order valence-corrected chi connectivity index (χ0v) is 18.6. The SMILES string of the molecule is Cc1noc(C)c1COc1ccc(C(=O)NCc2cccc(OCc3ccccn3)c2)cc1. The van der Waals surface area contributed by atoms with Gasteiger partial charge in [0.15, 0.2) is 0 Å². The number of nitrogens with zero attached hydrogens (tertiary/aromatic N) is 2. The minimum atomic E-state index is -0.160. The van der Waals surface area contributed by atoms with Gasteiger partial charge in [0.2, 0.25) is 0 Å². The first-order valence-electron chi connectivity index (χ1n) is 10.6. The lowest BCUT2D eigenvalue weighted by atomic mass is 10.1. The summed E-state index contributed by atoms with van der Waals surface area (Å²) in [6.45, 7) is 4.88. The zero-order valence-electron chi connectivity index (χ0n) is 18.6. The van der Waals surface area contributed by atoms with Crippen LogP contribution in [0.5, 0.6) is 11.5 Å². The normalized spacial score (nSPS) is 10.6. The molecule has 0 bridgehead atoms. The summed E-state index contributed by atoms with van der Waals surface area (Å²) in [6.07, 6.45) is 1.74. The van der Waals surface area contributed by atoms with E-state index in [2.05, 4.69) is 15.5 Å². The number of carbonyl (C=O) groups is 1. The number of amides is 1. The van der Waals surface area contributed by atoms with Gasteiger partial charge in [0.05, 0.1) is 17.0 Å². The molecule has 0 saturated heterocycles. The average molecular weight is 444 g/mol. The largest absolute Gasteiger partial charge is 0.489 e. The minimum Gasteiger partial charge on any atom is -0.489 e. The maximum absolute atomic E-state index is 12.5. The van der Waals surface area contributed by atoms with Crippen LogP contribution in [-0.2, 0) is 19.8 Å². The lowest BCUT2D eigenvalue weighted by Gasteiger charge is -2.10. The number of benzene rings is 2. The van der Waals surface area contributed by atoms with Crippen LogP contribution in [0.4, 0.5) is 0 Å². The van der Waals surface area contributed by atoms with Crippen molar-refractivity contribution in [2.75, 3.05) is 0 Å². The predicted octanol–water partition coefficient (Wildman–Crippen LogP) is 4.77. The number of rotatable bonds is 9. The van der Waals surface area contributed by atoms with Crippen molar-refractivity contribution in [3.8, 4) is 11.5 Å². The van der Waals surface area contributed by atoms with Crippen LogP contribution in [0.25, 0.3) is 0 Å². The molecule has 168 valence electrons. The van der Waals surface area contributed by atoms with E-state index in [1.54, 1.807) is 30.5 Å². The number of carbonyl (C=O) groups excluding carboxylic acids is 1. The summed E-state index contributed by atoms with van der Waals surface area (Å²) >= 11 is 0. The number of aryl methyl sites for hydroxylation is 2. The summed E-state index contributed by atoms with van der Waals surface area (Å²) in [4.78, 5) is 16.8. The van der Waals surface area contributed by atoms with Crippen molar-refractivity contribution in [1.82, 2.24) is 15.5 Å². The van der Waals surface area contributed by atoms with Crippen LogP contribution in [0.2, 0.25) is 0 Å². The lowest BCUT2D eigenvalue weighted by Crippen LogP contribution is -2.22. The Morgan fingerprint density at radius 1 is 0.939 bits per heavy atom. The molecule has 2 heterocycles. The molecule has 2 aromatic heterocycles. The van der Waals surface area contributed by atoms with Crippen LogP contribution in [0.1, 0.15) is 38.6 Å². The van der Waals surface area contributed by atoms with E-state index in [1.807, 2.05) is 56.3 Å². The molecule has 0 radical (unpaired) electrons. The molecule has 7 nitrogen and oxygen atoms in total. The molecule has 0 unspecified atom stereocenters. The molecule has 0 saturated carbocycles. The van der Waals surface area contributed by atoms with Gasteiger partial charge in [-0.2, -0.15) is 0 Å². The van der Waals surface area contributed by atoms with Crippen molar-refractivity contribution < 1.29 is 18.8 Å². The molecule has 0 aliphatic carbocycles. The van der Waals surface area contributed by atoms with E-state index in [0.29, 0.717) is 31.1 Å². The van der Waals surface area contributed by atoms with Gasteiger partial charge in [-0.1, -0.05) is 23.4 Å². The van der Waals surface area contributed by atoms with E-state index >= 15 is 0 Å². The third-order valence-corrected chi connectivity index (χ3v) is 5.15. The van der Waals surface area contributed by atoms with Gasteiger partial charge in [-0.15, -0.1) is 0 Å². The number of pyridine rings is 1. The van der Waals surface area contributed by atoms with Crippen LogP contribution in [0, 0.1) is 13.8 Å². The molecule has 1 amide bonds. The van der Waals surface area contributed by atoms with Crippen molar-refractivity contribution in [3.63, 3.8) is 0 Å². The maximum Gasteiger partial charge on any atom is 0.251 e. The number of aromatic nitrogens is 2. The number of ether oxygens (including phenoxy) is 2. The molecular formula is C26H25N3O4. The fourth-order valence-electron chi connectivity index (χ4n) is 3.24. The van der Waals surface area contributed by atoms with Gasteiger partial charge in [0.1, 0.15) is 30.5 Å². The highest BCUT2D eigenvalue weighted by Crippen LogP contribution is 2.18. The Morgan fingerprint density at radius 2 is 1.76 bits per heavy atom. The Balaban J connectivity index is 1.28. The highest BCUT2D eigenvalue weighted by molar-refractivity contribution is 5.94. The van der Waals surface area contributed by atoms with Crippen LogP contribution in [0.3, 0.4) is 0 Å². The molecule has 4 rings (SSSR count). The van der Waals surface area contributed by atoms with Crippen LogP contribution in [0.15, 0.2) is 77.4 Å². The molecule has 0 fully saturated rings. The monoisotopic (exact) mass is 443 g/mol. The van der Waals surface area contributed by atoms with Gasteiger partial charge in [0, 0.05) is 18.3 Å². The van der Waals surface area contributed by atoms with E-state index in [4.69, 9.17) is 14.0 Å². The highest BCUT2D eigenvalue weighted by Gasteiger charge is 2.10. The molecule has 2 aromatic carbocycles. The zero-order chi connectivity index (χ0) is 23.0. The summed E-state index contributed by atoms with van der Waals surface area (Å²) < 4.78 is 16.7. The number of nitrogens with one attached hydrogen (secondary N) is 1. The fraction of sp³-hybridized carbons (Fsp3) is 0.192. The molecule has 0 aliphatic heterocycles. The van der Waals surface area contributed by atoms with Gasteiger partial charge in [0.25, 0.3) is 5.91 Å². The highest BCUT2D eigenvalue weighted by atomic mass is 16.5. The lowest BCUT2D eigenvalue weighted by molar-refractivity contribution is 0.0951. The number of hydrogen-bond donors (Lipinski definition) is 1. The third kappa shape index (κ3) is 5.98. The van der Waals surface area contributed by atoms with E-state index in [1.165, 1.54) is 0 Å². The van der Waals surface area contributed by atoms with E-state index < -0.39 is 0 Å². The first-order valence-corrected chi connectivity index (χ1v) is 10.6. The molecule has 0 atom stereocenters. The molecule has 4 aromatic rings. The molecule has 7 heteroatoms. The Kier molecular flexibility index (Phi) is 6.99. The van der Waals surface area contributed by atoms with Gasteiger partial charge in [-0.25, -0.2) is 0 Å².